The Balaban J connectivity index is 1.77. The second-order valence-electron chi connectivity index (χ2n) is 7.13. The quantitative estimate of drug-likeness (QED) is 0.140. The van der Waals surface area contributed by atoms with Gasteiger partial charge in [0, 0.05) is 13.7 Å². The zero-order chi connectivity index (χ0) is 25.4. The number of halogens is 2. The molecule has 3 aromatic rings. The van der Waals surface area contributed by atoms with Crippen LogP contribution in [-0.4, -0.2) is 26.1 Å². The number of rotatable bonds is 8. The summed E-state index contributed by atoms with van der Waals surface area (Å²) in [5, 5.41) is 12.2. The Morgan fingerprint density at radius 2 is 1.74 bits per heavy atom. The van der Waals surface area contributed by atoms with Crippen molar-refractivity contribution in [2.24, 2.45) is 0 Å². The van der Waals surface area contributed by atoms with E-state index in [4.69, 9.17) is 9.47 Å². The van der Waals surface area contributed by atoms with Crippen molar-refractivity contribution in [3.63, 3.8) is 0 Å². The summed E-state index contributed by atoms with van der Waals surface area (Å²) >= 11 is 5.73. The van der Waals surface area contributed by atoms with Crippen molar-refractivity contribution >= 4 is 62.2 Å². The van der Waals surface area contributed by atoms with Gasteiger partial charge in [-0.2, -0.15) is 5.26 Å². The molecule has 178 valence electrons. The number of methoxy groups -OCH3 is 2. The number of ether oxygens (including phenoxy) is 3. The summed E-state index contributed by atoms with van der Waals surface area (Å²) in [7, 11) is 2.81. The lowest BCUT2D eigenvalue weighted by atomic mass is 10.1. The van der Waals surface area contributed by atoms with Gasteiger partial charge in [-0.15, -0.1) is 0 Å². The molecule has 0 saturated heterocycles. The van der Waals surface area contributed by atoms with Crippen molar-refractivity contribution in [2.45, 2.75) is 6.61 Å². The van der Waals surface area contributed by atoms with Crippen LogP contribution in [0.2, 0.25) is 0 Å². The summed E-state index contributed by atoms with van der Waals surface area (Å²) in [5.74, 6) is -0.0988. The minimum atomic E-state index is -0.594. The molecule has 7 nitrogen and oxygen atoms in total. The number of amides is 1. The average molecular weight is 647 g/mol. The first-order valence-electron chi connectivity index (χ1n) is 10.2. The lowest BCUT2D eigenvalue weighted by Crippen LogP contribution is -2.13. The highest BCUT2D eigenvalue weighted by Crippen LogP contribution is 2.35. The van der Waals surface area contributed by atoms with Crippen LogP contribution in [-0.2, 0) is 16.1 Å². The van der Waals surface area contributed by atoms with Crippen LogP contribution in [0, 0.1) is 14.9 Å². The molecule has 0 saturated carbocycles. The molecule has 0 aliphatic rings. The van der Waals surface area contributed by atoms with E-state index in [0.717, 1.165) is 9.13 Å². The van der Waals surface area contributed by atoms with Crippen molar-refractivity contribution in [3.8, 4) is 17.6 Å². The van der Waals surface area contributed by atoms with E-state index in [2.05, 4.69) is 48.6 Å². The lowest BCUT2D eigenvalue weighted by molar-refractivity contribution is -0.112. The van der Waals surface area contributed by atoms with Gasteiger partial charge in [-0.25, -0.2) is 4.79 Å². The van der Waals surface area contributed by atoms with E-state index < -0.39 is 11.9 Å². The van der Waals surface area contributed by atoms with E-state index in [1.165, 1.54) is 32.4 Å². The van der Waals surface area contributed by atoms with E-state index in [0.29, 0.717) is 39.4 Å². The van der Waals surface area contributed by atoms with Crippen LogP contribution in [0.3, 0.4) is 0 Å². The Morgan fingerprint density at radius 1 is 1.06 bits per heavy atom. The summed E-state index contributed by atoms with van der Waals surface area (Å²) < 4.78 is 17.8. The van der Waals surface area contributed by atoms with Gasteiger partial charge in [0.05, 0.1) is 19.8 Å². The molecule has 1 amide bonds. The normalized spacial score (nSPS) is 10.8. The number of nitriles is 1. The van der Waals surface area contributed by atoms with Crippen LogP contribution in [0.4, 0.5) is 5.69 Å². The van der Waals surface area contributed by atoms with Gasteiger partial charge < -0.3 is 19.5 Å². The molecule has 1 N–H and O–H groups in total. The number of hydrogen-bond acceptors (Lipinski definition) is 6. The zero-order valence-corrected chi connectivity index (χ0v) is 22.5. The minimum absolute atomic E-state index is 0.114. The van der Waals surface area contributed by atoms with Crippen LogP contribution in [0.25, 0.3) is 6.08 Å². The SMILES string of the molecule is COC(=O)c1ccc(NC(=O)/C(C#N)=C/c2cc(OC)c(OCc3ccc(I)cc3)cc2Br)cc1. The fraction of sp³-hybridized carbons (Fsp3) is 0.115. The van der Waals surface area contributed by atoms with E-state index >= 15 is 0 Å². The van der Waals surface area contributed by atoms with Gasteiger partial charge in [0.1, 0.15) is 18.2 Å². The predicted molar refractivity (Wildman–Crippen MR) is 144 cm³/mol. The van der Waals surface area contributed by atoms with E-state index in [-0.39, 0.29) is 5.57 Å². The molecule has 35 heavy (non-hydrogen) atoms. The number of nitrogens with one attached hydrogen (secondary N) is 1. The summed E-state index contributed by atoms with van der Waals surface area (Å²) in [5.41, 5.74) is 2.24. The van der Waals surface area contributed by atoms with Gasteiger partial charge in [0.15, 0.2) is 11.5 Å². The fourth-order valence-electron chi connectivity index (χ4n) is 2.99. The largest absolute Gasteiger partial charge is 0.493 e. The third kappa shape index (κ3) is 7.07. The second-order valence-corrected chi connectivity index (χ2v) is 9.23. The molecule has 0 aromatic heterocycles. The number of esters is 1. The third-order valence-electron chi connectivity index (χ3n) is 4.82. The first kappa shape index (κ1) is 26.2. The first-order chi connectivity index (χ1) is 16.8. The molecule has 3 rings (SSSR count). The topological polar surface area (TPSA) is 97.7 Å². The van der Waals surface area contributed by atoms with Crippen LogP contribution in [0.5, 0.6) is 11.5 Å². The molecule has 0 bridgehead atoms. The zero-order valence-electron chi connectivity index (χ0n) is 18.8. The molecular formula is C26H20BrIN2O5. The third-order valence-corrected chi connectivity index (χ3v) is 6.23. The molecule has 0 spiro atoms. The van der Waals surface area contributed by atoms with Crippen molar-refractivity contribution in [1.29, 1.82) is 5.26 Å². The van der Waals surface area contributed by atoms with Gasteiger partial charge in [-0.1, -0.05) is 28.1 Å². The van der Waals surface area contributed by atoms with Crippen LogP contribution in [0.1, 0.15) is 21.5 Å². The number of hydrogen-bond donors (Lipinski definition) is 1. The minimum Gasteiger partial charge on any atom is -0.493 e. The molecule has 0 heterocycles. The number of carbonyl (C=O) groups is 2. The summed E-state index contributed by atoms with van der Waals surface area (Å²) in [6.07, 6.45) is 1.45. The monoisotopic (exact) mass is 646 g/mol. The molecule has 3 aromatic carbocycles. The van der Waals surface area contributed by atoms with Gasteiger partial charge in [-0.05, 0) is 88.3 Å². The molecule has 0 unspecified atom stereocenters. The molecule has 0 fully saturated rings. The summed E-state index contributed by atoms with van der Waals surface area (Å²) in [6, 6.07) is 19.5. The molecule has 0 aliphatic carbocycles. The van der Waals surface area contributed by atoms with Crippen LogP contribution >= 0.6 is 38.5 Å². The van der Waals surface area contributed by atoms with E-state index in [9.17, 15) is 14.9 Å². The van der Waals surface area contributed by atoms with Crippen molar-refractivity contribution in [2.75, 3.05) is 19.5 Å². The van der Waals surface area contributed by atoms with E-state index in [1.54, 1.807) is 24.3 Å². The van der Waals surface area contributed by atoms with Crippen LogP contribution in [0.15, 0.2) is 70.7 Å². The molecule has 0 radical (unpaired) electrons. The summed E-state index contributed by atoms with van der Waals surface area (Å²) in [4.78, 5) is 24.2. The number of anilines is 1. The highest BCUT2D eigenvalue weighted by molar-refractivity contribution is 14.1. The van der Waals surface area contributed by atoms with Crippen molar-refractivity contribution in [1.82, 2.24) is 0 Å². The maximum absolute atomic E-state index is 12.7. The van der Waals surface area contributed by atoms with Crippen LogP contribution < -0.4 is 14.8 Å². The van der Waals surface area contributed by atoms with Crippen molar-refractivity contribution < 1.29 is 23.8 Å². The Morgan fingerprint density at radius 3 is 2.34 bits per heavy atom. The standard InChI is InChI=1S/C26H20BrIN2O5/c1-33-23-12-18(22(27)13-24(23)35-15-16-3-7-20(28)8-4-16)11-19(14-29)25(31)30-21-9-5-17(6-10-21)26(32)34-2/h3-13H,15H2,1-2H3,(H,30,31)/b19-11+. The van der Waals surface area contributed by atoms with Gasteiger partial charge in [-0.3, -0.25) is 4.79 Å². The Bertz CT molecular complexity index is 1300. The second kappa shape index (κ2) is 12.4. The van der Waals surface area contributed by atoms with Crippen molar-refractivity contribution in [3.05, 3.63) is 91.0 Å². The highest BCUT2D eigenvalue weighted by atomic mass is 127. The smallest absolute Gasteiger partial charge is 0.337 e. The molecule has 0 aliphatic heterocycles. The maximum Gasteiger partial charge on any atom is 0.337 e. The van der Waals surface area contributed by atoms with Gasteiger partial charge >= 0.3 is 5.97 Å². The van der Waals surface area contributed by atoms with Gasteiger partial charge in [0.25, 0.3) is 5.91 Å². The lowest BCUT2D eigenvalue weighted by Gasteiger charge is -2.13. The van der Waals surface area contributed by atoms with E-state index in [1.807, 2.05) is 30.3 Å². The first-order valence-corrected chi connectivity index (χ1v) is 12.1. The summed E-state index contributed by atoms with van der Waals surface area (Å²) in [6.45, 7) is 0.357. The molecular weight excluding hydrogens is 627 g/mol. The average Bonchev–Trinajstić information content (AvgIpc) is 2.87. The Kier molecular flexibility index (Phi) is 9.28. The van der Waals surface area contributed by atoms with Gasteiger partial charge in [0.2, 0.25) is 0 Å². The fourth-order valence-corrected chi connectivity index (χ4v) is 3.78. The number of benzene rings is 3. The Labute approximate surface area is 225 Å². The molecule has 0 atom stereocenters. The Hall–Kier alpha value is -3.36. The highest BCUT2D eigenvalue weighted by Gasteiger charge is 2.14. The molecule has 9 heteroatoms. The predicted octanol–water partition coefficient (Wildman–Crippen LogP) is 5.97. The number of nitrogens with zero attached hydrogens (tertiary/aromatic N) is 1. The maximum atomic E-state index is 12.7. The number of carbonyl (C=O) groups excluding carboxylic acids is 2.